The normalized spacial score (nSPS) is 19.9. The molecule has 7 nitrogen and oxygen atoms in total. The van der Waals surface area contributed by atoms with Crippen molar-refractivity contribution in [2.24, 2.45) is 5.92 Å². The zero-order valence-electron chi connectivity index (χ0n) is 11.2. The molecule has 1 amide bonds. The first kappa shape index (κ1) is 15.9. The maximum Gasteiger partial charge on any atom is 0.308 e. The van der Waals surface area contributed by atoms with Gasteiger partial charge in [0, 0.05) is 26.2 Å². The van der Waals surface area contributed by atoms with Crippen molar-refractivity contribution in [3.8, 4) is 0 Å². The number of amides is 1. The van der Waals surface area contributed by atoms with Gasteiger partial charge in [-0.1, -0.05) is 13.8 Å². The number of carboxylic acids is 1. The summed E-state index contributed by atoms with van der Waals surface area (Å²) >= 11 is 0. The molecule has 1 aliphatic heterocycles. The van der Waals surface area contributed by atoms with Gasteiger partial charge in [0.05, 0.1) is 5.92 Å². The molecule has 110 valence electrons. The number of aliphatic carboxylic acids is 1. The predicted octanol–water partition coefficient (Wildman–Crippen LogP) is -0.409. The van der Waals surface area contributed by atoms with Crippen molar-refractivity contribution < 1.29 is 23.1 Å². The molecule has 1 saturated heterocycles. The van der Waals surface area contributed by atoms with Gasteiger partial charge in [-0.25, -0.2) is 12.7 Å². The summed E-state index contributed by atoms with van der Waals surface area (Å²) in [5, 5.41) is 8.85. The van der Waals surface area contributed by atoms with E-state index in [4.69, 9.17) is 5.11 Å². The van der Waals surface area contributed by atoms with Crippen LogP contribution in [0, 0.1) is 5.92 Å². The Morgan fingerprint density at radius 1 is 1.32 bits per heavy atom. The third-order valence-electron chi connectivity index (χ3n) is 3.29. The highest BCUT2D eigenvalue weighted by Crippen LogP contribution is 2.17. The molecule has 0 aromatic carbocycles. The van der Waals surface area contributed by atoms with E-state index in [1.165, 1.54) is 9.21 Å². The lowest BCUT2D eigenvalue weighted by Crippen LogP contribution is -2.40. The average molecular weight is 292 g/mol. The number of carboxylic acid groups (broad SMARTS) is 1. The maximum atomic E-state index is 11.9. The van der Waals surface area contributed by atoms with Crippen LogP contribution in [-0.2, 0) is 19.6 Å². The zero-order chi connectivity index (χ0) is 14.6. The summed E-state index contributed by atoms with van der Waals surface area (Å²) in [6, 6.07) is 0. The minimum Gasteiger partial charge on any atom is -0.481 e. The SMILES string of the molecule is CCN(CC)S(=O)(=O)CC(=O)N1CC[C@@H](C(=O)O)C1. The van der Waals surface area contributed by atoms with Crippen LogP contribution in [0.5, 0.6) is 0 Å². The molecule has 8 heteroatoms. The fourth-order valence-corrected chi connectivity index (χ4v) is 3.61. The van der Waals surface area contributed by atoms with Gasteiger partial charge in [-0.3, -0.25) is 9.59 Å². The van der Waals surface area contributed by atoms with Crippen LogP contribution in [0.3, 0.4) is 0 Å². The van der Waals surface area contributed by atoms with Crippen LogP contribution < -0.4 is 0 Å². The van der Waals surface area contributed by atoms with E-state index in [-0.39, 0.29) is 6.54 Å². The number of likely N-dealkylation sites (tertiary alicyclic amines) is 1. The molecule has 0 radical (unpaired) electrons. The van der Waals surface area contributed by atoms with Gasteiger partial charge in [-0.05, 0) is 6.42 Å². The summed E-state index contributed by atoms with van der Waals surface area (Å²) < 4.78 is 25.1. The molecule has 1 rings (SSSR count). The van der Waals surface area contributed by atoms with Crippen molar-refractivity contribution in [2.75, 3.05) is 31.9 Å². The van der Waals surface area contributed by atoms with Crippen molar-refractivity contribution >= 4 is 21.9 Å². The monoisotopic (exact) mass is 292 g/mol. The maximum absolute atomic E-state index is 11.9. The number of rotatable bonds is 6. The number of sulfonamides is 1. The third-order valence-corrected chi connectivity index (χ3v) is 5.21. The summed E-state index contributed by atoms with van der Waals surface area (Å²) in [5.74, 6) is -2.63. The Hall–Kier alpha value is -1.15. The second-order valence-electron chi connectivity index (χ2n) is 4.50. The van der Waals surface area contributed by atoms with Crippen LogP contribution in [-0.4, -0.2) is 66.5 Å². The molecule has 1 heterocycles. The Balaban J connectivity index is 2.64. The first-order valence-electron chi connectivity index (χ1n) is 6.30. The summed E-state index contributed by atoms with van der Waals surface area (Å²) in [7, 11) is -3.60. The quantitative estimate of drug-likeness (QED) is 0.718. The average Bonchev–Trinajstić information content (AvgIpc) is 2.78. The third kappa shape index (κ3) is 3.90. The van der Waals surface area contributed by atoms with Gasteiger partial charge >= 0.3 is 5.97 Å². The zero-order valence-corrected chi connectivity index (χ0v) is 12.0. The first-order chi connectivity index (χ1) is 8.81. The molecule has 1 atom stereocenters. The highest BCUT2D eigenvalue weighted by molar-refractivity contribution is 7.89. The number of hydrogen-bond acceptors (Lipinski definition) is 4. The lowest BCUT2D eigenvalue weighted by Gasteiger charge is -2.21. The van der Waals surface area contributed by atoms with Crippen LogP contribution >= 0.6 is 0 Å². The molecule has 0 saturated carbocycles. The molecule has 19 heavy (non-hydrogen) atoms. The molecule has 0 spiro atoms. The smallest absolute Gasteiger partial charge is 0.308 e. The summed E-state index contributed by atoms with van der Waals surface area (Å²) in [6.45, 7) is 4.48. The molecule has 0 bridgehead atoms. The van der Waals surface area contributed by atoms with Gasteiger partial charge in [0.2, 0.25) is 15.9 Å². The van der Waals surface area contributed by atoms with Gasteiger partial charge < -0.3 is 10.0 Å². The van der Waals surface area contributed by atoms with Gasteiger partial charge in [0.15, 0.2) is 0 Å². The Bertz CT molecular complexity index is 444. The van der Waals surface area contributed by atoms with Crippen molar-refractivity contribution in [2.45, 2.75) is 20.3 Å². The van der Waals surface area contributed by atoms with E-state index < -0.39 is 33.6 Å². The number of hydrogen-bond donors (Lipinski definition) is 1. The first-order valence-corrected chi connectivity index (χ1v) is 7.91. The molecule has 0 aliphatic carbocycles. The summed E-state index contributed by atoms with van der Waals surface area (Å²) in [6.07, 6.45) is 0.381. The van der Waals surface area contributed by atoms with Gasteiger partial charge in [0.1, 0.15) is 5.75 Å². The molecule has 1 N–H and O–H groups in total. The van der Waals surface area contributed by atoms with Gasteiger partial charge in [0.25, 0.3) is 0 Å². The summed E-state index contributed by atoms with van der Waals surface area (Å²) in [4.78, 5) is 24.0. The minimum absolute atomic E-state index is 0.0991. The van der Waals surface area contributed by atoms with Gasteiger partial charge in [-0.15, -0.1) is 0 Å². The molecular formula is C11H20N2O5S. The van der Waals surface area contributed by atoms with Crippen LogP contribution in [0.25, 0.3) is 0 Å². The molecule has 1 aliphatic rings. The van der Waals surface area contributed by atoms with E-state index in [1.807, 2.05) is 0 Å². The Morgan fingerprint density at radius 2 is 1.89 bits per heavy atom. The fourth-order valence-electron chi connectivity index (χ4n) is 2.14. The van der Waals surface area contributed by atoms with E-state index >= 15 is 0 Å². The van der Waals surface area contributed by atoms with Crippen LogP contribution in [0.15, 0.2) is 0 Å². The lowest BCUT2D eigenvalue weighted by atomic mass is 10.1. The Labute approximate surface area is 113 Å². The highest BCUT2D eigenvalue weighted by atomic mass is 32.2. The van der Waals surface area contributed by atoms with Crippen molar-refractivity contribution in [3.63, 3.8) is 0 Å². The molecule has 1 fully saturated rings. The Morgan fingerprint density at radius 3 is 2.32 bits per heavy atom. The molecule has 0 aromatic rings. The molecular weight excluding hydrogens is 272 g/mol. The van der Waals surface area contributed by atoms with Crippen LogP contribution in [0.4, 0.5) is 0 Å². The lowest BCUT2D eigenvalue weighted by molar-refractivity contribution is -0.141. The molecule has 0 unspecified atom stereocenters. The van der Waals surface area contributed by atoms with Crippen molar-refractivity contribution in [1.82, 2.24) is 9.21 Å². The molecule has 0 aromatic heterocycles. The summed E-state index contributed by atoms with van der Waals surface area (Å²) in [5.41, 5.74) is 0. The topological polar surface area (TPSA) is 95.0 Å². The van der Waals surface area contributed by atoms with E-state index in [9.17, 15) is 18.0 Å². The van der Waals surface area contributed by atoms with E-state index in [0.717, 1.165) is 0 Å². The van der Waals surface area contributed by atoms with E-state index in [1.54, 1.807) is 13.8 Å². The van der Waals surface area contributed by atoms with Crippen molar-refractivity contribution in [1.29, 1.82) is 0 Å². The largest absolute Gasteiger partial charge is 0.481 e. The van der Waals surface area contributed by atoms with E-state index in [0.29, 0.717) is 26.1 Å². The van der Waals surface area contributed by atoms with Gasteiger partial charge in [-0.2, -0.15) is 0 Å². The minimum atomic E-state index is -3.60. The van der Waals surface area contributed by atoms with E-state index in [2.05, 4.69) is 0 Å². The fraction of sp³-hybridized carbons (Fsp3) is 0.818. The second-order valence-corrected chi connectivity index (χ2v) is 6.47. The predicted molar refractivity (Wildman–Crippen MR) is 69.0 cm³/mol. The van der Waals surface area contributed by atoms with Crippen molar-refractivity contribution in [3.05, 3.63) is 0 Å². The second kappa shape index (κ2) is 6.33. The number of carbonyl (C=O) groups excluding carboxylic acids is 1. The number of carbonyl (C=O) groups is 2. The van der Waals surface area contributed by atoms with Crippen LogP contribution in [0.1, 0.15) is 20.3 Å². The number of nitrogens with zero attached hydrogens (tertiary/aromatic N) is 2. The van der Waals surface area contributed by atoms with Crippen LogP contribution in [0.2, 0.25) is 0 Å². The standard InChI is InChI=1S/C11H20N2O5S/c1-3-13(4-2)19(17,18)8-10(14)12-6-5-9(7-12)11(15)16/h9H,3-8H2,1-2H3,(H,15,16)/t9-/m1/s1. The Kier molecular flexibility index (Phi) is 5.30. The highest BCUT2D eigenvalue weighted by Gasteiger charge is 2.33.